The number of rotatable bonds is 7. The van der Waals surface area contributed by atoms with Crippen molar-refractivity contribution in [3.05, 3.63) is 89.2 Å². The minimum absolute atomic E-state index is 0.0484. The van der Waals surface area contributed by atoms with Crippen LogP contribution in [0.4, 0.5) is 0 Å². The molecule has 0 bridgehead atoms. The third kappa shape index (κ3) is 5.24. The van der Waals surface area contributed by atoms with E-state index < -0.39 is 0 Å². The number of aryl methyl sites for hydroxylation is 1. The Balaban J connectivity index is 1.81. The highest BCUT2D eigenvalue weighted by Crippen LogP contribution is 2.26. The van der Waals surface area contributed by atoms with Gasteiger partial charge in [0.1, 0.15) is 0 Å². The predicted octanol–water partition coefficient (Wildman–Crippen LogP) is 6.13. The maximum atomic E-state index is 13.4. The smallest absolute Gasteiger partial charge is 0.254 e. The third-order valence-corrected chi connectivity index (χ3v) is 5.54. The van der Waals surface area contributed by atoms with Crippen LogP contribution in [-0.4, -0.2) is 28.9 Å². The average Bonchev–Trinajstić information content (AvgIpc) is 2.75. The molecule has 1 heterocycles. The van der Waals surface area contributed by atoms with Crippen LogP contribution in [0.3, 0.4) is 0 Å². The Hall–Kier alpha value is -2.65. The van der Waals surface area contributed by atoms with Crippen molar-refractivity contribution in [2.24, 2.45) is 5.92 Å². The predicted molar refractivity (Wildman–Crippen MR) is 120 cm³/mol. The number of carbonyl (C=O) groups is 1. The van der Waals surface area contributed by atoms with Gasteiger partial charge in [0.05, 0.1) is 5.02 Å². The molecular formula is C25H27ClN2O. The van der Waals surface area contributed by atoms with Gasteiger partial charge in [-0.3, -0.25) is 9.78 Å². The molecule has 0 unspecified atom stereocenters. The van der Waals surface area contributed by atoms with Gasteiger partial charge in [0.15, 0.2) is 0 Å². The van der Waals surface area contributed by atoms with Crippen molar-refractivity contribution in [3.8, 4) is 11.1 Å². The normalized spacial score (nSPS) is 12.0. The van der Waals surface area contributed by atoms with E-state index in [4.69, 9.17) is 11.6 Å². The molecule has 0 fully saturated rings. The fraction of sp³-hybridized carbons (Fsp3) is 0.280. The molecule has 0 saturated carbocycles. The number of benzene rings is 2. The molecule has 1 aromatic heterocycles. The van der Waals surface area contributed by atoms with Gasteiger partial charge in [0.2, 0.25) is 0 Å². The molecule has 0 N–H and O–H groups in total. The van der Waals surface area contributed by atoms with E-state index in [1.54, 1.807) is 6.20 Å². The summed E-state index contributed by atoms with van der Waals surface area (Å²) in [5.41, 5.74) is 3.74. The summed E-state index contributed by atoms with van der Waals surface area (Å²) in [4.78, 5) is 19.7. The van der Waals surface area contributed by atoms with E-state index in [1.165, 1.54) is 0 Å². The monoisotopic (exact) mass is 406 g/mol. The molecule has 0 spiro atoms. The zero-order valence-electron chi connectivity index (χ0n) is 17.2. The van der Waals surface area contributed by atoms with Gasteiger partial charge in [-0.25, -0.2) is 0 Å². The summed E-state index contributed by atoms with van der Waals surface area (Å²) in [6, 6.07) is 21.8. The minimum Gasteiger partial charge on any atom is -0.338 e. The minimum atomic E-state index is 0.0484. The quantitative estimate of drug-likeness (QED) is 0.472. The first-order valence-electron chi connectivity index (χ1n) is 9.99. The number of nitrogens with zero attached hydrogens (tertiary/aromatic N) is 2. The molecule has 1 atom stereocenters. The number of hydrogen-bond donors (Lipinski definition) is 0. The van der Waals surface area contributed by atoms with Gasteiger partial charge in [-0.15, -0.1) is 0 Å². The SMILES string of the molecule is CC(C)[C@H](CCc1ccc(Cl)cn1)N(C)C(=O)c1ccccc1-c1ccccc1. The van der Waals surface area contributed by atoms with E-state index in [9.17, 15) is 4.79 Å². The van der Waals surface area contributed by atoms with Crippen molar-refractivity contribution in [3.63, 3.8) is 0 Å². The molecule has 3 aromatic rings. The Bertz CT molecular complexity index is 939. The second-order valence-electron chi connectivity index (χ2n) is 7.65. The van der Waals surface area contributed by atoms with Crippen LogP contribution in [0.1, 0.15) is 36.3 Å². The zero-order chi connectivity index (χ0) is 20.8. The largest absolute Gasteiger partial charge is 0.338 e. The van der Waals surface area contributed by atoms with E-state index in [0.717, 1.165) is 35.2 Å². The second-order valence-corrected chi connectivity index (χ2v) is 8.08. The summed E-state index contributed by atoms with van der Waals surface area (Å²) in [6.45, 7) is 4.32. The second kappa shape index (κ2) is 9.71. The molecule has 150 valence electrons. The average molecular weight is 407 g/mol. The number of carbonyl (C=O) groups excluding carboxylic acids is 1. The van der Waals surface area contributed by atoms with E-state index in [0.29, 0.717) is 10.9 Å². The lowest BCUT2D eigenvalue weighted by Crippen LogP contribution is -2.41. The fourth-order valence-electron chi connectivity index (χ4n) is 3.70. The Labute approximate surface area is 178 Å². The van der Waals surface area contributed by atoms with Crippen LogP contribution >= 0.6 is 11.6 Å². The van der Waals surface area contributed by atoms with Crippen LogP contribution in [0.25, 0.3) is 11.1 Å². The standard InChI is InChI=1S/C25H27ClN2O/c1-18(2)24(16-15-21-14-13-20(26)17-27-21)28(3)25(29)23-12-8-7-11-22(23)19-9-5-4-6-10-19/h4-14,17-18,24H,15-16H2,1-3H3/t24-/m0/s1. The highest BCUT2D eigenvalue weighted by Gasteiger charge is 2.25. The van der Waals surface area contributed by atoms with E-state index in [2.05, 4.69) is 18.8 Å². The number of aromatic nitrogens is 1. The summed E-state index contributed by atoms with van der Waals surface area (Å²) in [7, 11) is 1.91. The molecule has 3 nitrogen and oxygen atoms in total. The molecule has 3 rings (SSSR count). The lowest BCUT2D eigenvalue weighted by molar-refractivity contribution is 0.0679. The lowest BCUT2D eigenvalue weighted by atomic mass is 9.94. The van der Waals surface area contributed by atoms with Crippen molar-refractivity contribution < 1.29 is 4.79 Å². The molecule has 1 amide bonds. The molecule has 2 aromatic carbocycles. The highest BCUT2D eigenvalue weighted by atomic mass is 35.5. The van der Waals surface area contributed by atoms with Crippen LogP contribution in [-0.2, 0) is 6.42 Å². The van der Waals surface area contributed by atoms with Gasteiger partial charge in [-0.05, 0) is 48.1 Å². The van der Waals surface area contributed by atoms with Crippen LogP contribution < -0.4 is 0 Å². The number of amides is 1. The van der Waals surface area contributed by atoms with Crippen molar-refractivity contribution >= 4 is 17.5 Å². The summed E-state index contributed by atoms with van der Waals surface area (Å²) in [6.07, 6.45) is 3.33. The van der Waals surface area contributed by atoms with Crippen LogP contribution in [0.2, 0.25) is 5.02 Å². The first-order chi connectivity index (χ1) is 14.0. The van der Waals surface area contributed by atoms with Crippen LogP contribution in [0.5, 0.6) is 0 Å². The first-order valence-corrected chi connectivity index (χ1v) is 10.4. The Morgan fingerprint density at radius 1 is 1.00 bits per heavy atom. The Kier molecular flexibility index (Phi) is 7.05. The Morgan fingerprint density at radius 3 is 2.34 bits per heavy atom. The summed E-state index contributed by atoms with van der Waals surface area (Å²) in [5, 5.41) is 0.638. The van der Waals surface area contributed by atoms with Crippen LogP contribution in [0.15, 0.2) is 72.9 Å². The zero-order valence-corrected chi connectivity index (χ0v) is 17.9. The molecule has 4 heteroatoms. The molecule has 0 radical (unpaired) electrons. The van der Waals surface area contributed by atoms with E-state index in [-0.39, 0.29) is 11.9 Å². The topological polar surface area (TPSA) is 33.2 Å². The van der Waals surface area contributed by atoms with Crippen LogP contribution in [0, 0.1) is 5.92 Å². The molecular weight excluding hydrogens is 380 g/mol. The summed E-state index contributed by atoms with van der Waals surface area (Å²) < 4.78 is 0. The summed E-state index contributed by atoms with van der Waals surface area (Å²) in [5.74, 6) is 0.382. The van der Waals surface area contributed by atoms with E-state index >= 15 is 0 Å². The van der Waals surface area contributed by atoms with Crippen molar-refractivity contribution in [1.29, 1.82) is 0 Å². The van der Waals surface area contributed by atoms with Gasteiger partial charge in [-0.2, -0.15) is 0 Å². The maximum Gasteiger partial charge on any atom is 0.254 e. The molecule has 29 heavy (non-hydrogen) atoms. The molecule has 0 aliphatic carbocycles. The number of halogens is 1. The molecule has 0 saturated heterocycles. The first kappa shape index (κ1) is 21.1. The number of hydrogen-bond acceptors (Lipinski definition) is 2. The van der Waals surface area contributed by atoms with Gasteiger partial charge in [-0.1, -0.05) is 74.0 Å². The maximum absolute atomic E-state index is 13.4. The third-order valence-electron chi connectivity index (χ3n) is 5.31. The summed E-state index contributed by atoms with van der Waals surface area (Å²) >= 11 is 5.93. The van der Waals surface area contributed by atoms with Crippen molar-refractivity contribution in [2.75, 3.05) is 7.05 Å². The fourth-order valence-corrected chi connectivity index (χ4v) is 3.82. The van der Waals surface area contributed by atoms with Gasteiger partial charge in [0.25, 0.3) is 5.91 Å². The van der Waals surface area contributed by atoms with Crippen molar-refractivity contribution in [2.45, 2.75) is 32.7 Å². The van der Waals surface area contributed by atoms with Gasteiger partial charge in [0, 0.05) is 30.5 Å². The Morgan fingerprint density at radius 2 is 1.69 bits per heavy atom. The molecule has 0 aliphatic rings. The van der Waals surface area contributed by atoms with Gasteiger partial charge >= 0.3 is 0 Å². The van der Waals surface area contributed by atoms with Gasteiger partial charge < -0.3 is 4.90 Å². The lowest BCUT2D eigenvalue weighted by Gasteiger charge is -2.32. The van der Waals surface area contributed by atoms with E-state index in [1.807, 2.05) is 78.7 Å². The van der Waals surface area contributed by atoms with Crippen molar-refractivity contribution in [1.82, 2.24) is 9.88 Å². The molecule has 0 aliphatic heterocycles. The number of pyridine rings is 1. The highest BCUT2D eigenvalue weighted by molar-refractivity contribution is 6.30.